The van der Waals surface area contributed by atoms with E-state index in [-0.39, 0.29) is 60.1 Å². The lowest BCUT2D eigenvalue weighted by Gasteiger charge is -2.36. The Morgan fingerprint density at radius 2 is 1.80 bits per heavy atom. The maximum Gasteiger partial charge on any atom is 0.389 e. The molecular formula is C33H50F3N3O6. The van der Waals surface area contributed by atoms with Crippen molar-refractivity contribution in [3.63, 3.8) is 0 Å². The minimum absolute atomic E-state index is 0.0196. The Hall–Kier alpha value is -2.86. The smallest absolute Gasteiger partial charge is 0.389 e. The number of hydrogen-bond donors (Lipinski definition) is 2. The molecule has 0 saturated heterocycles. The predicted molar refractivity (Wildman–Crippen MR) is 165 cm³/mol. The van der Waals surface area contributed by atoms with Crippen molar-refractivity contribution in [1.82, 2.24) is 9.80 Å². The summed E-state index contributed by atoms with van der Waals surface area (Å²) in [7, 11) is 1.80. The first kappa shape index (κ1) is 36.6. The fraction of sp³-hybridized carbons (Fsp3) is 0.727. The summed E-state index contributed by atoms with van der Waals surface area (Å²) in [6.07, 6.45) is 0.238. The molecule has 1 fully saturated rings. The van der Waals surface area contributed by atoms with Gasteiger partial charge >= 0.3 is 6.18 Å². The zero-order valence-electron chi connectivity index (χ0n) is 27.0. The molecule has 3 amide bonds. The fourth-order valence-corrected chi connectivity index (χ4v) is 5.96. The Morgan fingerprint density at radius 3 is 2.47 bits per heavy atom. The number of aliphatic hydroxyl groups excluding tert-OH is 1. The molecule has 1 heterocycles. The number of benzene rings is 1. The first-order valence-corrected chi connectivity index (χ1v) is 16.2. The molecule has 0 bridgehead atoms. The molecule has 2 aliphatic rings. The van der Waals surface area contributed by atoms with Gasteiger partial charge in [-0.05, 0) is 64.2 Å². The molecule has 45 heavy (non-hydrogen) atoms. The van der Waals surface area contributed by atoms with E-state index in [2.05, 4.69) is 5.32 Å². The molecule has 1 aromatic rings. The number of anilines is 1. The van der Waals surface area contributed by atoms with E-state index in [1.54, 1.807) is 18.9 Å². The fourth-order valence-electron chi connectivity index (χ4n) is 5.96. The molecule has 0 spiro atoms. The van der Waals surface area contributed by atoms with Gasteiger partial charge in [-0.1, -0.05) is 26.2 Å². The van der Waals surface area contributed by atoms with Gasteiger partial charge in [0.15, 0.2) is 0 Å². The van der Waals surface area contributed by atoms with E-state index in [4.69, 9.17) is 9.47 Å². The van der Waals surface area contributed by atoms with Crippen molar-refractivity contribution in [3.05, 3.63) is 23.8 Å². The number of nitrogens with zero attached hydrogens (tertiary/aromatic N) is 2. The van der Waals surface area contributed by atoms with Gasteiger partial charge in [-0.15, -0.1) is 0 Å². The van der Waals surface area contributed by atoms with Crippen molar-refractivity contribution >= 4 is 23.4 Å². The second-order valence-electron chi connectivity index (χ2n) is 12.7. The molecule has 9 nitrogen and oxygen atoms in total. The minimum Gasteiger partial charge on any atom is -0.490 e. The highest BCUT2D eigenvalue weighted by Gasteiger charge is 2.33. The van der Waals surface area contributed by atoms with Gasteiger partial charge < -0.3 is 29.7 Å². The van der Waals surface area contributed by atoms with Crippen LogP contribution in [0.3, 0.4) is 0 Å². The van der Waals surface area contributed by atoms with E-state index in [0.717, 1.165) is 44.9 Å². The number of likely N-dealkylation sites (N-methyl/N-ethyl adjacent to an activating group) is 1. The van der Waals surface area contributed by atoms with E-state index in [1.807, 2.05) is 13.8 Å². The van der Waals surface area contributed by atoms with Crippen molar-refractivity contribution in [1.29, 1.82) is 0 Å². The Kier molecular flexibility index (Phi) is 14.0. The van der Waals surface area contributed by atoms with Gasteiger partial charge in [0.25, 0.3) is 5.91 Å². The largest absolute Gasteiger partial charge is 0.490 e. The van der Waals surface area contributed by atoms with E-state index < -0.39 is 36.9 Å². The van der Waals surface area contributed by atoms with Gasteiger partial charge in [0.2, 0.25) is 11.8 Å². The Morgan fingerprint density at radius 1 is 1.11 bits per heavy atom. The highest BCUT2D eigenvalue weighted by atomic mass is 19.4. The molecule has 3 rings (SSSR count). The average molecular weight is 642 g/mol. The van der Waals surface area contributed by atoms with Crippen LogP contribution in [0.25, 0.3) is 0 Å². The van der Waals surface area contributed by atoms with E-state index in [9.17, 15) is 32.7 Å². The van der Waals surface area contributed by atoms with Gasteiger partial charge in [-0.2, -0.15) is 13.2 Å². The van der Waals surface area contributed by atoms with Gasteiger partial charge in [-0.25, -0.2) is 0 Å². The number of fused-ring (bicyclic) bond motifs is 1. The van der Waals surface area contributed by atoms with Crippen LogP contribution in [0.15, 0.2) is 18.2 Å². The average Bonchev–Trinajstić information content (AvgIpc) is 3.01. The van der Waals surface area contributed by atoms with E-state index in [0.29, 0.717) is 19.6 Å². The summed E-state index contributed by atoms with van der Waals surface area (Å²) in [4.78, 5) is 43.0. The van der Waals surface area contributed by atoms with Crippen LogP contribution in [0.4, 0.5) is 18.9 Å². The summed E-state index contributed by atoms with van der Waals surface area (Å²) in [5, 5.41) is 12.6. The second kappa shape index (κ2) is 17.2. The molecule has 0 unspecified atom stereocenters. The van der Waals surface area contributed by atoms with Crippen LogP contribution >= 0.6 is 0 Å². The number of carbonyl (C=O) groups excluding carboxylic acids is 3. The highest BCUT2D eigenvalue weighted by molar-refractivity contribution is 5.99. The van der Waals surface area contributed by atoms with Crippen molar-refractivity contribution in [2.75, 3.05) is 38.7 Å². The minimum atomic E-state index is -4.47. The number of hydrogen-bond acceptors (Lipinski definition) is 6. The number of halogens is 3. The first-order chi connectivity index (χ1) is 21.3. The van der Waals surface area contributed by atoms with Crippen LogP contribution in [-0.4, -0.2) is 90.4 Å². The summed E-state index contributed by atoms with van der Waals surface area (Å²) in [5.74, 6) is -1.08. The number of amides is 3. The number of alkyl halides is 3. The van der Waals surface area contributed by atoms with E-state index >= 15 is 0 Å². The standard InChI is InChI=1S/C33H50F3N3O6/c1-22-19-39(23(2)21-40)32(43)27-18-26(37-30(41)15-16-33(34,35)36)13-14-28(27)45-24(3)10-8-9-17-44-29(22)20-38(4)31(42)25-11-6-5-7-12-25/h13-14,18,22-25,29,40H,5-12,15-17,19-21H2,1-4H3,(H,37,41)/t22-,23-,24-,29+/m1/s1. The van der Waals surface area contributed by atoms with Crippen LogP contribution in [0, 0.1) is 11.8 Å². The zero-order chi connectivity index (χ0) is 33.1. The molecule has 1 aliphatic heterocycles. The van der Waals surface area contributed by atoms with Crippen LogP contribution in [0.5, 0.6) is 5.75 Å². The Balaban J connectivity index is 1.88. The number of nitrogens with one attached hydrogen (secondary N) is 1. The highest BCUT2D eigenvalue weighted by Crippen LogP contribution is 2.30. The maximum absolute atomic E-state index is 14.2. The molecule has 4 atom stereocenters. The third-order valence-corrected chi connectivity index (χ3v) is 8.76. The molecule has 12 heteroatoms. The molecule has 1 aromatic carbocycles. The third kappa shape index (κ3) is 11.5. The maximum atomic E-state index is 14.2. The quantitative estimate of drug-likeness (QED) is 0.372. The molecular weight excluding hydrogens is 591 g/mol. The van der Waals surface area contributed by atoms with Crippen molar-refractivity contribution in [3.8, 4) is 5.75 Å². The number of aliphatic hydroxyl groups is 1. The molecule has 0 radical (unpaired) electrons. The Bertz CT molecular complexity index is 1130. The molecule has 0 aromatic heterocycles. The van der Waals surface area contributed by atoms with Gasteiger partial charge in [0.1, 0.15) is 5.75 Å². The van der Waals surface area contributed by atoms with Crippen LogP contribution < -0.4 is 10.1 Å². The third-order valence-electron chi connectivity index (χ3n) is 8.76. The van der Waals surface area contributed by atoms with Crippen molar-refractivity contribution in [2.45, 2.75) is 109 Å². The van der Waals surface area contributed by atoms with Crippen molar-refractivity contribution in [2.24, 2.45) is 11.8 Å². The monoisotopic (exact) mass is 641 g/mol. The van der Waals surface area contributed by atoms with Crippen LogP contribution in [0.1, 0.15) is 95.3 Å². The normalized spacial score (nSPS) is 23.3. The van der Waals surface area contributed by atoms with Crippen LogP contribution in [-0.2, 0) is 14.3 Å². The predicted octanol–water partition coefficient (Wildman–Crippen LogP) is 5.80. The second-order valence-corrected chi connectivity index (χ2v) is 12.7. The van der Waals surface area contributed by atoms with Gasteiger partial charge in [0.05, 0.1) is 36.8 Å². The summed E-state index contributed by atoms with van der Waals surface area (Å²) in [5.41, 5.74) is 0.294. The summed E-state index contributed by atoms with van der Waals surface area (Å²) < 4.78 is 50.5. The molecule has 1 saturated carbocycles. The summed E-state index contributed by atoms with van der Waals surface area (Å²) in [6, 6.07) is 3.86. The molecule has 1 aliphatic carbocycles. The topological polar surface area (TPSA) is 108 Å². The number of carbonyl (C=O) groups is 3. The zero-order valence-corrected chi connectivity index (χ0v) is 27.0. The molecule has 254 valence electrons. The molecule has 2 N–H and O–H groups in total. The number of rotatable bonds is 8. The SMILES string of the molecule is C[C@@H]1CCCCO[C@@H](CN(C)C(=O)C2CCCCC2)[C@H](C)CN([C@H](C)CO)C(=O)c2cc(NC(=O)CCC(F)(F)F)ccc2O1. The van der Waals surface area contributed by atoms with Crippen molar-refractivity contribution < 1.29 is 42.1 Å². The van der Waals surface area contributed by atoms with Gasteiger partial charge in [-0.3, -0.25) is 14.4 Å². The lowest BCUT2D eigenvalue weighted by atomic mass is 9.88. The first-order valence-electron chi connectivity index (χ1n) is 16.2. The lowest BCUT2D eigenvalue weighted by Crippen LogP contribution is -2.48. The van der Waals surface area contributed by atoms with E-state index in [1.165, 1.54) is 23.1 Å². The van der Waals surface area contributed by atoms with Gasteiger partial charge in [0, 0.05) is 50.7 Å². The lowest BCUT2D eigenvalue weighted by molar-refractivity contribution is -0.142. The number of ether oxygens (including phenoxy) is 2. The Labute approximate surface area is 264 Å². The summed E-state index contributed by atoms with van der Waals surface area (Å²) in [6.45, 7) is 6.31. The van der Waals surface area contributed by atoms with Crippen LogP contribution in [0.2, 0.25) is 0 Å². The summed E-state index contributed by atoms with van der Waals surface area (Å²) >= 11 is 0.